The summed E-state index contributed by atoms with van der Waals surface area (Å²) in [5, 5.41) is 0.682. The van der Waals surface area contributed by atoms with E-state index in [1.807, 2.05) is 48.5 Å². The van der Waals surface area contributed by atoms with Crippen molar-refractivity contribution in [3.8, 4) is 11.5 Å². The molecule has 3 rings (SSSR count). The van der Waals surface area contributed by atoms with E-state index in [-0.39, 0.29) is 0 Å². The average molecular weight is 377 g/mol. The second-order valence-corrected chi connectivity index (χ2v) is 5.67. The van der Waals surface area contributed by atoms with Crippen molar-refractivity contribution in [3.63, 3.8) is 0 Å². The Morgan fingerprint density at radius 2 is 1.55 bits per heavy atom. The second-order valence-electron chi connectivity index (χ2n) is 4.45. The van der Waals surface area contributed by atoms with Gasteiger partial charge in [0.1, 0.15) is 17.3 Å². The molecule has 22 heavy (non-hydrogen) atoms. The SMILES string of the molecule is Clc1ccc(Oc2ccc(N=Cc3ccc(Br)o3)cc2)cc1. The second kappa shape index (κ2) is 6.81. The van der Waals surface area contributed by atoms with E-state index in [9.17, 15) is 0 Å². The van der Waals surface area contributed by atoms with Crippen LogP contribution in [0.2, 0.25) is 5.02 Å². The highest BCUT2D eigenvalue weighted by Crippen LogP contribution is 2.25. The molecular weight excluding hydrogens is 366 g/mol. The zero-order valence-corrected chi connectivity index (χ0v) is 13.7. The average Bonchev–Trinajstić information content (AvgIpc) is 2.94. The molecule has 0 aliphatic heterocycles. The fourth-order valence-electron chi connectivity index (χ4n) is 1.77. The van der Waals surface area contributed by atoms with Crippen LogP contribution in [0.15, 0.2) is 74.7 Å². The molecule has 3 aromatic rings. The van der Waals surface area contributed by atoms with Gasteiger partial charge in [-0.05, 0) is 76.6 Å². The number of benzene rings is 2. The molecular formula is C17H11BrClNO2. The number of furan rings is 1. The first-order valence-electron chi connectivity index (χ1n) is 6.52. The Morgan fingerprint density at radius 3 is 2.14 bits per heavy atom. The molecule has 110 valence electrons. The first-order chi connectivity index (χ1) is 10.7. The van der Waals surface area contributed by atoms with Crippen LogP contribution in [0.4, 0.5) is 5.69 Å². The van der Waals surface area contributed by atoms with Gasteiger partial charge >= 0.3 is 0 Å². The lowest BCUT2D eigenvalue weighted by atomic mass is 10.3. The summed E-state index contributed by atoms with van der Waals surface area (Å²) in [4.78, 5) is 4.34. The van der Waals surface area contributed by atoms with E-state index in [1.165, 1.54) is 0 Å². The van der Waals surface area contributed by atoms with E-state index in [2.05, 4.69) is 20.9 Å². The highest BCUT2D eigenvalue weighted by atomic mass is 79.9. The van der Waals surface area contributed by atoms with Gasteiger partial charge < -0.3 is 9.15 Å². The first kappa shape index (κ1) is 14.9. The largest absolute Gasteiger partial charge is 0.457 e. The molecule has 0 saturated heterocycles. The molecule has 0 atom stereocenters. The molecule has 3 nitrogen and oxygen atoms in total. The maximum Gasteiger partial charge on any atom is 0.169 e. The molecule has 0 unspecified atom stereocenters. The third-order valence-electron chi connectivity index (χ3n) is 2.82. The number of hydrogen-bond acceptors (Lipinski definition) is 3. The van der Waals surface area contributed by atoms with Crippen LogP contribution in [0, 0.1) is 0 Å². The number of hydrogen-bond donors (Lipinski definition) is 0. The lowest BCUT2D eigenvalue weighted by Gasteiger charge is -2.05. The maximum absolute atomic E-state index is 5.84. The molecule has 0 aliphatic rings. The van der Waals surface area contributed by atoms with Crippen molar-refractivity contribution < 1.29 is 9.15 Å². The van der Waals surface area contributed by atoms with Crippen molar-refractivity contribution in [2.45, 2.75) is 0 Å². The molecule has 0 spiro atoms. The van der Waals surface area contributed by atoms with Crippen LogP contribution in [0.1, 0.15) is 5.76 Å². The van der Waals surface area contributed by atoms with Crippen molar-refractivity contribution in [3.05, 3.63) is 76.1 Å². The van der Waals surface area contributed by atoms with E-state index >= 15 is 0 Å². The summed E-state index contributed by atoms with van der Waals surface area (Å²) >= 11 is 9.09. The van der Waals surface area contributed by atoms with Crippen LogP contribution in [0.5, 0.6) is 11.5 Å². The Morgan fingerprint density at radius 1 is 0.909 bits per heavy atom. The molecule has 2 aromatic carbocycles. The zero-order valence-electron chi connectivity index (χ0n) is 11.4. The Hall–Kier alpha value is -2.04. The molecule has 0 bridgehead atoms. The number of ether oxygens (including phenoxy) is 1. The van der Waals surface area contributed by atoms with Crippen LogP contribution >= 0.6 is 27.5 Å². The molecule has 1 aromatic heterocycles. The summed E-state index contributed by atoms with van der Waals surface area (Å²) in [5.74, 6) is 2.16. The summed E-state index contributed by atoms with van der Waals surface area (Å²) in [6, 6.07) is 18.4. The van der Waals surface area contributed by atoms with Gasteiger partial charge in [0.15, 0.2) is 4.67 Å². The summed E-state index contributed by atoms with van der Waals surface area (Å²) < 4.78 is 11.7. The highest BCUT2D eigenvalue weighted by Gasteiger charge is 1.99. The Bertz CT molecular complexity index is 779. The van der Waals surface area contributed by atoms with E-state index in [4.69, 9.17) is 20.8 Å². The van der Waals surface area contributed by atoms with E-state index in [0.29, 0.717) is 15.5 Å². The smallest absolute Gasteiger partial charge is 0.169 e. The van der Waals surface area contributed by atoms with Crippen LogP contribution in [-0.4, -0.2) is 6.21 Å². The Balaban J connectivity index is 1.67. The highest BCUT2D eigenvalue weighted by molar-refractivity contribution is 9.10. The third kappa shape index (κ3) is 4.00. The van der Waals surface area contributed by atoms with Gasteiger partial charge in [0.2, 0.25) is 0 Å². The van der Waals surface area contributed by atoms with Crippen molar-refractivity contribution in [1.29, 1.82) is 0 Å². The predicted octanol–water partition coefficient (Wildman–Crippen LogP) is 6.24. The lowest BCUT2D eigenvalue weighted by molar-refractivity contribution is 0.483. The maximum atomic E-state index is 5.84. The Kier molecular flexibility index (Phi) is 4.61. The topological polar surface area (TPSA) is 34.7 Å². The summed E-state index contributed by atoms with van der Waals surface area (Å²) in [6.07, 6.45) is 1.67. The van der Waals surface area contributed by atoms with Crippen LogP contribution in [0.25, 0.3) is 0 Å². The quantitative estimate of drug-likeness (QED) is 0.505. The number of rotatable bonds is 4. The van der Waals surface area contributed by atoms with Gasteiger partial charge in [-0.15, -0.1) is 0 Å². The van der Waals surface area contributed by atoms with Crippen LogP contribution in [-0.2, 0) is 0 Å². The van der Waals surface area contributed by atoms with E-state index in [1.54, 1.807) is 18.3 Å². The minimum absolute atomic E-state index is 0.681. The molecule has 0 N–H and O–H groups in total. The molecule has 0 saturated carbocycles. The van der Waals surface area contributed by atoms with Crippen LogP contribution in [0.3, 0.4) is 0 Å². The molecule has 0 aliphatic carbocycles. The lowest BCUT2D eigenvalue weighted by Crippen LogP contribution is -1.83. The molecule has 0 radical (unpaired) electrons. The van der Waals surface area contributed by atoms with E-state index < -0.39 is 0 Å². The van der Waals surface area contributed by atoms with Crippen molar-refractivity contribution in [1.82, 2.24) is 0 Å². The third-order valence-corrected chi connectivity index (χ3v) is 3.50. The molecule has 5 heteroatoms. The van der Waals surface area contributed by atoms with Gasteiger partial charge in [0.05, 0.1) is 11.9 Å². The first-order valence-corrected chi connectivity index (χ1v) is 7.69. The summed E-state index contributed by atoms with van der Waals surface area (Å²) in [6.45, 7) is 0. The minimum Gasteiger partial charge on any atom is -0.457 e. The Labute approximate surface area is 141 Å². The van der Waals surface area contributed by atoms with Gasteiger partial charge in [-0.1, -0.05) is 11.6 Å². The van der Waals surface area contributed by atoms with E-state index in [0.717, 1.165) is 17.2 Å². The number of halogens is 2. The molecule has 0 fully saturated rings. The summed E-state index contributed by atoms with van der Waals surface area (Å²) in [5.41, 5.74) is 0.816. The molecule has 1 heterocycles. The number of aliphatic imine (C=N–C) groups is 1. The minimum atomic E-state index is 0.681. The standard InChI is InChI=1S/C17H11BrClNO2/c18-17-10-9-16(22-17)11-20-13-3-7-15(8-4-13)21-14-5-1-12(19)2-6-14/h1-11H. The molecule has 0 amide bonds. The van der Waals surface area contributed by atoms with Gasteiger partial charge in [-0.3, -0.25) is 4.99 Å². The van der Waals surface area contributed by atoms with Crippen molar-refractivity contribution in [2.75, 3.05) is 0 Å². The van der Waals surface area contributed by atoms with Crippen LogP contribution < -0.4 is 4.74 Å². The normalized spacial score (nSPS) is 11.0. The monoisotopic (exact) mass is 375 g/mol. The van der Waals surface area contributed by atoms with Gasteiger partial charge in [0.25, 0.3) is 0 Å². The van der Waals surface area contributed by atoms with Crippen molar-refractivity contribution in [2.24, 2.45) is 4.99 Å². The zero-order chi connectivity index (χ0) is 15.4. The fraction of sp³-hybridized carbons (Fsp3) is 0. The van der Waals surface area contributed by atoms with Gasteiger partial charge in [-0.2, -0.15) is 0 Å². The predicted molar refractivity (Wildman–Crippen MR) is 91.6 cm³/mol. The van der Waals surface area contributed by atoms with Gasteiger partial charge in [0, 0.05) is 5.02 Å². The summed E-state index contributed by atoms with van der Waals surface area (Å²) in [7, 11) is 0. The van der Waals surface area contributed by atoms with Gasteiger partial charge in [-0.25, -0.2) is 0 Å². The number of nitrogens with zero attached hydrogens (tertiary/aromatic N) is 1. The fourth-order valence-corrected chi connectivity index (χ4v) is 2.22. The van der Waals surface area contributed by atoms with Crippen molar-refractivity contribution >= 4 is 39.4 Å².